The lowest BCUT2D eigenvalue weighted by molar-refractivity contribution is 0.0817. The predicted molar refractivity (Wildman–Crippen MR) is 116 cm³/mol. The first kappa shape index (κ1) is 19.4. The average Bonchev–Trinajstić information content (AvgIpc) is 2.67. The highest BCUT2D eigenvalue weighted by atomic mass is 32.2. The first-order chi connectivity index (χ1) is 13.4. The molecule has 2 heterocycles. The minimum absolute atomic E-state index is 0.0487. The Balaban J connectivity index is 1.69. The second kappa shape index (κ2) is 7.49. The lowest BCUT2D eigenvalue weighted by Crippen LogP contribution is -2.46. The molecule has 4 heteroatoms. The molecule has 2 aliphatic heterocycles. The molecule has 0 aromatic heterocycles. The van der Waals surface area contributed by atoms with E-state index in [2.05, 4.69) is 62.5 Å². The molecule has 1 saturated heterocycles. The Labute approximate surface area is 170 Å². The van der Waals surface area contributed by atoms with Crippen LogP contribution >= 0.6 is 0 Å². The molecule has 0 amide bonds. The van der Waals surface area contributed by atoms with Crippen molar-refractivity contribution in [3.8, 4) is 5.75 Å². The lowest BCUT2D eigenvalue weighted by atomic mass is 9.83. The van der Waals surface area contributed by atoms with Crippen molar-refractivity contribution in [3.63, 3.8) is 0 Å². The first-order valence-corrected chi connectivity index (χ1v) is 11.4. The van der Waals surface area contributed by atoms with Gasteiger partial charge in [-0.2, -0.15) is 0 Å². The molecule has 0 radical (unpaired) electrons. The SMILES string of the molecule is CC(C)(C)CS(=O)c1ccc(C2=CC3(CCNCC3)Oc3ccccc32)cc1. The topological polar surface area (TPSA) is 38.3 Å². The van der Waals surface area contributed by atoms with Crippen LogP contribution in [0.1, 0.15) is 44.7 Å². The maximum atomic E-state index is 12.7. The molecular weight excluding hydrogens is 366 g/mol. The Hall–Kier alpha value is -1.91. The van der Waals surface area contributed by atoms with Crippen LogP contribution in [-0.4, -0.2) is 28.7 Å². The number of para-hydroxylation sites is 1. The van der Waals surface area contributed by atoms with E-state index in [1.807, 2.05) is 18.2 Å². The highest BCUT2D eigenvalue weighted by molar-refractivity contribution is 7.85. The van der Waals surface area contributed by atoms with Gasteiger partial charge in [-0.25, -0.2) is 0 Å². The van der Waals surface area contributed by atoms with Crippen molar-refractivity contribution in [2.75, 3.05) is 18.8 Å². The van der Waals surface area contributed by atoms with Gasteiger partial charge in [0, 0.05) is 29.1 Å². The summed E-state index contributed by atoms with van der Waals surface area (Å²) in [7, 11) is -0.974. The average molecular weight is 396 g/mol. The Morgan fingerprint density at radius 2 is 1.71 bits per heavy atom. The molecule has 1 unspecified atom stereocenters. The number of nitrogens with one attached hydrogen (secondary N) is 1. The van der Waals surface area contributed by atoms with Gasteiger partial charge in [-0.1, -0.05) is 51.1 Å². The van der Waals surface area contributed by atoms with Crippen LogP contribution in [0.2, 0.25) is 0 Å². The summed E-state index contributed by atoms with van der Waals surface area (Å²) in [5.74, 6) is 1.63. The smallest absolute Gasteiger partial charge is 0.130 e. The Bertz CT molecular complexity index is 903. The summed E-state index contributed by atoms with van der Waals surface area (Å²) < 4.78 is 19.1. The van der Waals surface area contributed by atoms with Gasteiger partial charge in [0.15, 0.2) is 0 Å². The molecule has 2 aromatic rings. The molecule has 2 aromatic carbocycles. The third kappa shape index (κ3) is 4.08. The van der Waals surface area contributed by atoms with E-state index in [-0.39, 0.29) is 11.0 Å². The van der Waals surface area contributed by atoms with Gasteiger partial charge in [0.05, 0.1) is 10.8 Å². The Morgan fingerprint density at radius 3 is 2.39 bits per heavy atom. The minimum atomic E-state index is -0.974. The summed E-state index contributed by atoms with van der Waals surface area (Å²) in [6.45, 7) is 8.32. The van der Waals surface area contributed by atoms with Crippen LogP contribution in [0.3, 0.4) is 0 Å². The van der Waals surface area contributed by atoms with E-state index in [0.717, 1.165) is 47.7 Å². The molecule has 28 heavy (non-hydrogen) atoms. The maximum Gasteiger partial charge on any atom is 0.130 e. The van der Waals surface area contributed by atoms with E-state index >= 15 is 0 Å². The molecule has 0 bridgehead atoms. The molecule has 1 atom stereocenters. The van der Waals surface area contributed by atoms with Crippen molar-refractivity contribution >= 4 is 16.4 Å². The van der Waals surface area contributed by atoms with Gasteiger partial charge in [0.1, 0.15) is 11.4 Å². The zero-order valence-electron chi connectivity index (χ0n) is 17.0. The quantitative estimate of drug-likeness (QED) is 0.812. The second-order valence-corrected chi connectivity index (χ2v) is 10.5. The van der Waals surface area contributed by atoms with Gasteiger partial charge in [-0.05, 0) is 53.9 Å². The standard InChI is InChI=1S/C24H29NO2S/c1-23(2,3)17-28(26)19-10-8-18(9-11-19)21-16-24(12-14-25-15-13-24)27-22-7-5-4-6-20(21)22/h4-11,16,25H,12-15,17H2,1-3H3. The zero-order chi connectivity index (χ0) is 19.8. The van der Waals surface area contributed by atoms with E-state index in [4.69, 9.17) is 4.74 Å². The van der Waals surface area contributed by atoms with Crippen LogP contribution < -0.4 is 10.1 Å². The molecule has 1 fully saturated rings. The number of ether oxygens (including phenoxy) is 1. The van der Waals surface area contributed by atoms with E-state index in [9.17, 15) is 4.21 Å². The fraction of sp³-hybridized carbons (Fsp3) is 0.417. The van der Waals surface area contributed by atoms with Crippen LogP contribution in [0.25, 0.3) is 5.57 Å². The van der Waals surface area contributed by atoms with Crippen LogP contribution in [0.15, 0.2) is 59.5 Å². The fourth-order valence-corrected chi connectivity index (χ4v) is 5.36. The number of piperidine rings is 1. The molecule has 4 rings (SSSR count). The summed E-state index contributed by atoms with van der Waals surface area (Å²) in [6, 6.07) is 16.5. The third-order valence-electron chi connectivity index (χ3n) is 5.34. The van der Waals surface area contributed by atoms with Gasteiger partial charge < -0.3 is 10.1 Å². The van der Waals surface area contributed by atoms with Crippen molar-refractivity contribution in [1.82, 2.24) is 5.32 Å². The van der Waals surface area contributed by atoms with Crippen LogP contribution in [0.4, 0.5) is 0 Å². The van der Waals surface area contributed by atoms with E-state index in [1.165, 1.54) is 5.57 Å². The first-order valence-electron chi connectivity index (χ1n) is 10.1. The van der Waals surface area contributed by atoms with Gasteiger partial charge in [-0.15, -0.1) is 0 Å². The summed E-state index contributed by atoms with van der Waals surface area (Å²) >= 11 is 0. The molecule has 3 nitrogen and oxygen atoms in total. The highest BCUT2D eigenvalue weighted by Gasteiger charge is 2.36. The molecule has 1 spiro atoms. The molecule has 0 aliphatic carbocycles. The Kier molecular flexibility index (Phi) is 5.19. The van der Waals surface area contributed by atoms with Gasteiger partial charge >= 0.3 is 0 Å². The van der Waals surface area contributed by atoms with Gasteiger partial charge in [0.2, 0.25) is 0 Å². The van der Waals surface area contributed by atoms with Crippen LogP contribution in [0, 0.1) is 5.41 Å². The number of hydrogen-bond donors (Lipinski definition) is 1. The lowest BCUT2D eigenvalue weighted by Gasteiger charge is -2.40. The fourth-order valence-electron chi connectivity index (χ4n) is 3.97. The van der Waals surface area contributed by atoms with Crippen LogP contribution in [0.5, 0.6) is 5.75 Å². The monoisotopic (exact) mass is 395 g/mol. The summed E-state index contributed by atoms with van der Waals surface area (Å²) in [4.78, 5) is 0.899. The highest BCUT2D eigenvalue weighted by Crippen LogP contribution is 2.42. The number of fused-ring (bicyclic) bond motifs is 1. The van der Waals surface area contributed by atoms with Crippen molar-refractivity contribution in [3.05, 3.63) is 65.7 Å². The van der Waals surface area contributed by atoms with Crippen LogP contribution in [-0.2, 0) is 10.8 Å². The van der Waals surface area contributed by atoms with E-state index in [1.54, 1.807) is 0 Å². The van der Waals surface area contributed by atoms with Crippen molar-refractivity contribution in [2.24, 2.45) is 5.41 Å². The molecule has 2 aliphatic rings. The van der Waals surface area contributed by atoms with Crippen molar-refractivity contribution < 1.29 is 8.95 Å². The van der Waals surface area contributed by atoms with Gasteiger partial charge in [-0.3, -0.25) is 4.21 Å². The number of hydrogen-bond acceptors (Lipinski definition) is 3. The predicted octanol–water partition coefficient (Wildman–Crippen LogP) is 4.79. The minimum Gasteiger partial charge on any atom is -0.482 e. The molecule has 0 saturated carbocycles. The van der Waals surface area contributed by atoms with Crippen molar-refractivity contribution in [1.29, 1.82) is 0 Å². The zero-order valence-corrected chi connectivity index (χ0v) is 17.8. The summed E-state index contributed by atoms with van der Waals surface area (Å²) in [5, 5.41) is 3.43. The number of rotatable bonds is 3. The van der Waals surface area contributed by atoms with E-state index in [0.29, 0.717) is 5.75 Å². The molecule has 148 valence electrons. The maximum absolute atomic E-state index is 12.7. The third-order valence-corrected chi connectivity index (χ3v) is 7.27. The second-order valence-electron chi connectivity index (χ2n) is 9.05. The Morgan fingerprint density at radius 1 is 1.04 bits per heavy atom. The number of benzene rings is 2. The van der Waals surface area contributed by atoms with Gasteiger partial charge in [0.25, 0.3) is 0 Å². The summed E-state index contributed by atoms with van der Waals surface area (Å²) in [5.41, 5.74) is 3.33. The normalized spacial score (nSPS) is 19.5. The van der Waals surface area contributed by atoms with E-state index < -0.39 is 10.8 Å². The largest absolute Gasteiger partial charge is 0.482 e. The summed E-state index contributed by atoms with van der Waals surface area (Å²) in [6.07, 6.45) is 4.26. The molecular formula is C24H29NO2S. The van der Waals surface area contributed by atoms with Crippen molar-refractivity contribution in [2.45, 2.75) is 44.1 Å². The molecule has 1 N–H and O–H groups in total.